The molecule has 1 heterocycles. The van der Waals surface area contributed by atoms with E-state index in [1.54, 1.807) is 18.2 Å². The van der Waals surface area contributed by atoms with Crippen LogP contribution in [0.2, 0.25) is 0 Å². The molecule has 14 heavy (non-hydrogen) atoms. The van der Waals surface area contributed by atoms with Crippen molar-refractivity contribution in [2.75, 3.05) is 0 Å². The molecule has 0 N–H and O–H groups in total. The first kappa shape index (κ1) is 12.5. The maximum atomic E-state index is 11.2. The molecule has 1 aromatic rings. The summed E-state index contributed by atoms with van der Waals surface area (Å²) in [5, 5.41) is 0. The Morgan fingerprint density at radius 2 is 1.93 bits per heavy atom. The van der Waals surface area contributed by atoms with Crippen LogP contribution in [0, 0.1) is 0 Å². The lowest BCUT2D eigenvalue weighted by atomic mass is 10.1. The highest BCUT2D eigenvalue weighted by Gasteiger charge is 2.08. The molecular formula is C11H15NO2. The molecule has 0 atom stereocenters. The lowest BCUT2D eigenvalue weighted by molar-refractivity contribution is -0.116. The molecule has 0 bridgehead atoms. The van der Waals surface area contributed by atoms with Gasteiger partial charge in [-0.2, -0.15) is 0 Å². The highest BCUT2D eigenvalue weighted by Crippen LogP contribution is 1.98. The molecule has 0 spiro atoms. The fourth-order valence-electron chi connectivity index (χ4n) is 0.844. The van der Waals surface area contributed by atoms with Crippen LogP contribution in [0.15, 0.2) is 24.4 Å². The third kappa shape index (κ3) is 4.50. The number of pyridine rings is 1. The van der Waals surface area contributed by atoms with Gasteiger partial charge in [0.1, 0.15) is 11.5 Å². The molecular weight excluding hydrogens is 178 g/mol. The molecule has 0 aliphatic carbocycles. The SMILES string of the molecule is CC.CC(=O)CC(=O)c1ccccn1. The van der Waals surface area contributed by atoms with E-state index in [2.05, 4.69) is 4.98 Å². The smallest absolute Gasteiger partial charge is 0.188 e. The van der Waals surface area contributed by atoms with Crippen molar-refractivity contribution in [1.29, 1.82) is 0 Å². The van der Waals surface area contributed by atoms with Crippen LogP contribution in [0.4, 0.5) is 0 Å². The van der Waals surface area contributed by atoms with E-state index in [0.717, 1.165) is 0 Å². The summed E-state index contributed by atoms with van der Waals surface area (Å²) < 4.78 is 0. The number of hydrogen-bond donors (Lipinski definition) is 0. The lowest BCUT2D eigenvalue weighted by Gasteiger charge is -1.94. The minimum atomic E-state index is -0.219. The summed E-state index contributed by atoms with van der Waals surface area (Å²) in [4.78, 5) is 25.6. The Kier molecular flexibility index (Phi) is 6.20. The number of hydrogen-bond acceptors (Lipinski definition) is 3. The number of carbonyl (C=O) groups is 2. The molecule has 76 valence electrons. The Bertz CT molecular complexity index is 293. The topological polar surface area (TPSA) is 47.0 Å². The fourth-order valence-corrected chi connectivity index (χ4v) is 0.844. The molecule has 0 saturated carbocycles. The molecule has 0 saturated heterocycles. The van der Waals surface area contributed by atoms with Crippen LogP contribution < -0.4 is 0 Å². The Balaban J connectivity index is 0.000000791. The maximum absolute atomic E-state index is 11.2. The van der Waals surface area contributed by atoms with E-state index >= 15 is 0 Å². The van der Waals surface area contributed by atoms with E-state index in [9.17, 15) is 9.59 Å². The van der Waals surface area contributed by atoms with Gasteiger partial charge < -0.3 is 0 Å². The lowest BCUT2D eigenvalue weighted by Crippen LogP contribution is -2.06. The van der Waals surface area contributed by atoms with E-state index in [1.165, 1.54) is 13.1 Å². The van der Waals surface area contributed by atoms with Crippen molar-refractivity contribution in [3.63, 3.8) is 0 Å². The summed E-state index contributed by atoms with van der Waals surface area (Å²) in [6.07, 6.45) is 1.48. The molecule has 0 radical (unpaired) electrons. The zero-order valence-corrected chi connectivity index (χ0v) is 8.78. The fraction of sp³-hybridized carbons (Fsp3) is 0.364. The minimum absolute atomic E-state index is 0.0585. The summed E-state index contributed by atoms with van der Waals surface area (Å²) in [5.74, 6) is -0.353. The average Bonchev–Trinajstić information content (AvgIpc) is 2.21. The Morgan fingerprint density at radius 3 is 2.36 bits per heavy atom. The van der Waals surface area contributed by atoms with E-state index in [4.69, 9.17) is 0 Å². The van der Waals surface area contributed by atoms with Crippen molar-refractivity contribution < 1.29 is 9.59 Å². The molecule has 0 fully saturated rings. The quantitative estimate of drug-likeness (QED) is 0.546. The zero-order chi connectivity index (χ0) is 11.0. The summed E-state index contributed by atoms with van der Waals surface area (Å²) in [6, 6.07) is 5.05. The highest BCUT2D eigenvalue weighted by molar-refractivity contribution is 6.06. The van der Waals surface area contributed by atoms with Crippen molar-refractivity contribution in [1.82, 2.24) is 4.98 Å². The maximum Gasteiger partial charge on any atom is 0.188 e. The predicted octanol–water partition coefficient (Wildman–Crippen LogP) is 2.27. The van der Waals surface area contributed by atoms with Gasteiger partial charge in [0.25, 0.3) is 0 Å². The van der Waals surface area contributed by atoms with E-state index in [-0.39, 0.29) is 18.0 Å². The van der Waals surface area contributed by atoms with Crippen molar-refractivity contribution in [2.24, 2.45) is 0 Å². The van der Waals surface area contributed by atoms with Crippen LogP contribution in [0.5, 0.6) is 0 Å². The van der Waals surface area contributed by atoms with Gasteiger partial charge >= 0.3 is 0 Å². The molecule has 1 aromatic heterocycles. The van der Waals surface area contributed by atoms with Crippen LogP contribution in [0.25, 0.3) is 0 Å². The van der Waals surface area contributed by atoms with Gasteiger partial charge in [0, 0.05) is 6.20 Å². The third-order valence-electron chi connectivity index (χ3n) is 1.36. The van der Waals surface area contributed by atoms with Crippen molar-refractivity contribution in [3.05, 3.63) is 30.1 Å². The zero-order valence-electron chi connectivity index (χ0n) is 8.78. The Morgan fingerprint density at radius 1 is 1.29 bits per heavy atom. The van der Waals surface area contributed by atoms with Crippen molar-refractivity contribution >= 4 is 11.6 Å². The minimum Gasteiger partial charge on any atom is -0.300 e. The molecule has 0 aliphatic heterocycles. The van der Waals surface area contributed by atoms with Gasteiger partial charge in [-0.1, -0.05) is 19.9 Å². The standard InChI is InChI=1S/C9H9NO2.C2H6/c1-7(11)6-9(12)8-4-2-3-5-10-8;1-2/h2-5H,6H2,1H3;1-2H3. The second kappa shape index (κ2) is 6.95. The van der Waals surface area contributed by atoms with Crippen LogP contribution in [0.3, 0.4) is 0 Å². The van der Waals surface area contributed by atoms with Gasteiger partial charge in [-0.3, -0.25) is 14.6 Å². The van der Waals surface area contributed by atoms with Gasteiger partial charge in [0.2, 0.25) is 0 Å². The van der Waals surface area contributed by atoms with E-state index in [1.807, 2.05) is 13.8 Å². The van der Waals surface area contributed by atoms with E-state index in [0.29, 0.717) is 5.69 Å². The number of ketones is 2. The Hall–Kier alpha value is -1.51. The van der Waals surface area contributed by atoms with Crippen molar-refractivity contribution in [3.8, 4) is 0 Å². The summed E-state index contributed by atoms with van der Waals surface area (Å²) in [6.45, 7) is 5.39. The summed E-state index contributed by atoms with van der Waals surface area (Å²) >= 11 is 0. The molecule has 0 aromatic carbocycles. The van der Waals surface area contributed by atoms with Gasteiger partial charge in [-0.15, -0.1) is 0 Å². The van der Waals surface area contributed by atoms with Gasteiger partial charge in [0.15, 0.2) is 5.78 Å². The largest absolute Gasteiger partial charge is 0.300 e. The molecule has 3 nitrogen and oxygen atoms in total. The molecule has 1 rings (SSSR count). The van der Waals surface area contributed by atoms with Crippen LogP contribution >= 0.6 is 0 Å². The first-order valence-electron chi connectivity index (χ1n) is 4.64. The second-order valence-electron chi connectivity index (χ2n) is 2.52. The van der Waals surface area contributed by atoms with Gasteiger partial charge in [-0.25, -0.2) is 0 Å². The number of Topliss-reactive ketones (excluding diaryl/α,β-unsaturated/α-hetero) is 2. The van der Waals surface area contributed by atoms with Crippen LogP contribution in [-0.2, 0) is 4.79 Å². The third-order valence-corrected chi connectivity index (χ3v) is 1.36. The average molecular weight is 193 g/mol. The second-order valence-corrected chi connectivity index (χ2v) is 2.52. The van der Waals surface area contributed by atoms with E-state index < -0.39 is 0 Å². The first-order chi connectivity index (χ1) is 6.70. The monoisotopic (exact) mass is 193 g/mol. The van der Waals surface area contributed by atoms with Crippen LogP contribution in [0.1, 0.15) is 37.7 Å². The van der Waals surface area contributed by atoms with Crippen LogP contribution in [-0.4, -0.2) is 16.6 Å². The summed E-state index contributed by atoms with van der Waals surface area (Å²) in [5.41, 5.74) is 0.354. The van der Waals surface area contributed by atoms with Gasteiger partial charge in [0.05, 0.1) is 6.42 Å². The number of carbonyl (C=O) groups excluding carboxylic acids is 2. The highest BCUT2D eigenvalue weighted by atomic mass is 16.1. The number of aromatic nitrogens is 1. The molecule has 0 amide bonds. The first-order valence-corrected chi connectivity index (χ1v) is 4.64. The molecule has 0 unspecified atom stereocenters. The normalized spacial score (nSPS) is 8.50. The molecule has 0 aliphatic rings. The molecule has 3 heteroatoms. The number of nitrogens with zero attached hydrogens (tertiary/aromatic N) is 1. The summed E-state index contributed by atoms with van der Waals surface area (Å²) in [7, 11) is 0. The predicted molar refractivity (Wildman–Crippen MR) is 55.2 cm³/mol. The van der Waals surface area contributed by atoms with Gasteiger partial charge in [-0.05, 0) is 19.1 Å². The van der Waals surface area contributed by atoms with Crippen molar-refractivity contribution in [2.45, 2.75) is 27.2 Å². The Labute approximate surface area is 84.2 Å². The number of rotatable bonds is 3.